The minimum Gasteiger partial charge on any atom is -0.356 e. The van der Waals surface area contributed by atoms with Crippen molar-refractivity contribution in [3.05, 3.63) is 35.4 Å². The van der Waals surface area contributed by atoms with Gasteiger partial charge in [0, 0.05) is 19.6 Å². The summed E-state index contributed by atoms with van der Waals surface area (Å²) in [5.41, 5.74) is 0.366. The Morgan fingerprint density at radius 1 is 1.24 bits per heavy atom. The zero-order valence-corrected chi connectivity index (χ0v) is 15.2. The van der Waals surface area contributed by atoms with Gasteiger partial charge in [0.05, 0.1) is 0 Å². The van der Waals surface area contributed by atoms with Crippen LogP contribution < -0.4 is 10.6 Å². The summed E-state index contributed by atoms with van der Waals surface area (Å²) in [4.78, 5) is 4.11. The van der Waals surface area contributed by atoms with Gasteiger partial charge in [0.25, 0.3) is 0 Å². The maximum absolute atomic E-state index is 13.5. The molecule has 0 fully saturated rings. The highest BCUT2D eigenvalue weighted by molar-refractivity contribution is 14.0. The van der Waals surface area contributed by atoms with E-state index in [2.05, 4.69) is 36.4 Å². The van der Waals surface area contributed by atoms with Gasteiger partial charge in [-0.05, 0) is 43.0 Å². The van der Waals surface area contributed by atoms with E-state index in [1.54, 1.807) is 7.05 Å². The van der Waals surface area contributed by atoms with Gasteiger partial charge in [0.1, 0.15) is 11.6 Å². The highest BCUT2D eigenvalue weighted by atomic mass is 127. The van der Waals surface area contributed by atoms with Crippen molar-refractivity contribution < 1.29 is 8.78 Å². The average molecular weight is 411 g/mol. The van der Waals surface area contributed by atoms with Crippen LogP contribution in [0.2, 0.25) is 0 Å². The molecule has 21 heavy (non-hydrogen) atoms. The Balaban J connectivity index is 0.00000400. The number of nitrogens with one attached hydrogen (secondary N) is 2. The van der Waals surface area contributed by atoms with Gasteiger partial charge in [-0.2, -0.15) is 0 Å². The Kier molecular flexibility index (Phi) is 9.48. The molecule has 1 aromatic rings. The molecular weight excluding hydrogens is 387 g/mol. The molecule has 0 aromatic heterocycles. The van der Waals surface area contributed by atoms with E-state index in [4.69, 9.17) is 0 Å². The van der Waals surface area contributed by atoms with E-state index in [-0.39, 0.29) is 35.8 Å². The quantitative estimate of drug-likeness (QED) is 0.443. The molecular formula is C15H24F2IN3. The molecule has 0 saturated heterocycles. The van der Waals surface area contributed by atoms with Crippen LogP contribution in [0.15, 0.2) is 23.2 Å². The lowest BCUT2D eigenvalue weighted by Gasteiger charge is -2.20. The van der Waals surface area contributed by atoms with Crippen LogP contribution in [0.3, 0.4) is 0 Å². The van der Waals surface area contributed by atoms with E-state index in [1.807, 2.05) is 0 Å². The number of benzene rings is 1. The third-order valence-electron chi connectivity index (χ3n) is 3.28. The maximum Gasteiger partial charge on any atom is 0.191 e. The van der Waals surface area contributed by atoms with E-state index >= 15 is 0 Å². The normalized spacial score (nSPS) is 12.8. The first-order chi connectivity index (χ1) is 9.43. The molecule has 6 heteroatoms. The van der Waals surface area contributed by atoms with Crippen LogP contribution in [-0.2, 0) is 6.42 Å². The van der Waals surface area contributed by atoms with Crippen molar-refractivity contribution >= 4 is 29.9 Å². The molecule has 0 heterocycles. The third kappa shape index (κ3) is 7.06. The number of rotatable bonds is 5. The minimum atomic E-state index is -0.419. The van der Waals surface area contributed by atoms with E-state index < -0.39 is 5.82 Å². The topological polar surface area (TPSA) is 36.4 Å². The fraction of sp³-hybridized carbons (Fsp3) is 0.533. The van der Waals surface area contributed by atoms with Crippen LogP contribution in [0.4, 0.5) is 8.78 Å². The van der Waals surface area contributed by atoms with Crippen molar-refractivity contribution in [2.24, 2.45) is 10.9 Å². The second kappa shape index (κ2) is 9.92. The summed E-state index contributed by atoms with van der Waals surface area (Å²) in [6, 6.07) is 3.78. The first-order valence-electron chi connectivity index (χ1n) is 6.85. The van der Waals surface area contributed by atoms with Crippen LogP contribution in [0.1, 0.15) is 26.3 Å². The predicted octanol–water partition coefficient (Wildman–Crippen LogP) is 3.33. The van der Waals surface area contributed by atoms with Crippen molar-refractivity contribution in [1.82, 2.24) is 10.6 Å². The molecule has 2 N–H and O–H groups in total. The second-order valence-corrected chi connectivity index (χ2v) is 5.16. The molecule has 0 bridgehead atoms. The lowest BCUT2D eigenvalue weighted by Crippen LogP contribution is -2.44. The van der Waals surface area contributed by atoms with Crippen LogP contribution in [0, 0.1) is 17.6 Å². The minimum absolute atomic E-state index is 0. The molecule has 0 aliphatic rings. The highest BCUT2D eigenvalue weighted by Crippen LogP contribution is 2.09. The number of hydrogen-bond donors (Lipinski definition) is 2. The Hall–Kier alpha value is -0.920. The van der Waals surface area contributed by atoms with Gasteiger partial charge in [-0.1, -0.05) is 13.8 Å². The molecule has 0 aliphatic carbocycles. The van der Waals surface area contributed by atoms with Crippen LogP contribution in [0.5, 0.6) is 0 Å². The number of nitrogens with zero attached hydrogens (tertiary/aromatic N) is 1. The largest absolute Gasteiger partial charge is 0.356 e. The van der Waals surface area contributed by atoms with Crippen LogP contribution in [-0.4, -0.2) is 25.6 Å². The van der Waals surface area contributed by atoms with E-state index in [0.717, 1.165) is 12.1 Å². The summed E-state index contributed by atoms with van der Waals surface area (Å²) in [5.74, 6) is 0.348. The molecule has 0 saturated carbocycles. The zero-order chi connectivity index (χ0) is 15.1. The van der Waals surface area contributed by atoms with Crippen molar-refractivity contribution in [3.8, 4) is 0 Å². The summed E-state index contributed by atoms with van der Waals surface area (Å²) >= 11 is 0. The monoisotopic (exact) mass is 411 g/mol. The Morgan fingerprint density at radius 2 is 1.90 bits per heavy atom. The van der Waals surface area contributed by atoms with Crippen molar-refractivity contribution in [2.45, 2.75) is 33.2 Å². The van der Waals surface area contributed by atoms with Gasteiger partial charge in [0.15, 0.2) is 5.96 Å². The first kappa shape index (κ1) is 20.1. The third-order valence-corrected chi connectivity index (χ3v) is 3.28. The van der Waals surface area contributed by atoms with Crippen molar-refractivity contribution in [1.29, 1.82) is 0 Å². The van der Waals surface area contributed by atoms with Crippen molar-refractivity contribution in [3.63, 3.8) is 0 Å². The maximum atomic E-state index is 13.5. The summed E-state index contributed by atoms with van der Waals surface area (Å²) in [6.07, 6.45) is 0.403. The summed E-state index contributed by atoms with van der Waals surface area (Å²) < 4.78 is 26.5. The lowest BCUT2D eigenvalue weighted by atomic mass is 10.1. The SMILES string of the molecule is CN=C(NCCc1cc(F)ccc1F)NC(C)C(C)C.I. The molecule has 1 atom stereocenters. The molecule has 0 amide bonds. The zero-order valence-electron chi connectivity index (χ0n) is 12.9. The number of halogens is 3. The van der Waals surface area contributed by atoms with E-state index in [9.17, 15) is 8.78 Å². The van der Waals surface area contributed by atoms with E-state index in [1.165, 1.54) is 6.07 Å². The van der Waals surface area contributed by atoms with E-state index in [0.29, 0.717) is 30.4 Å². The molecule has 3 nitrogen and oxygen atoms in total. The lowest BCUT2D eigenvalue weighted by molar-refractivity contribution is 0.481. The highest BCUT2D eigenvalue weighted by Gasteiger charge is 2.09. The molecule has 0 radical (unpaired) electrons. The summed E-state index contributed by atoms with van der Waals surface area (Å²) in [7, 11) is 1.69. The second-order valence-electron chi connectivity index (χ2n) is 5.16. The number of guanidine groups is 1. The molecule has 0 aliphatic heterocycles. The number of hydrogen-bond acceptors (Lipinski definition) is 1. The van der Waals surface area contributed by atoms with Gasteiger partial charge in [-0.15, -0.1) is 24.0 Å². The van der Waals surface area contributed by atoms with Gasteiger partial charge < -0.3 is 10.6 Å². The Bertz CT molecular complexity index is 464. The Labute approximate surface area is 142 Å². The van der Waals surface area contributed by atoms with Gasteiger partial charge in [0.2, 0.25) is 0 Å². The van der Waals surface area contributed by atoms with Crippen molar-refractivity contribution in [2.75, 3.05) is 13.6 Å². The molecule has 0 spiro atoms. The molecule has 1 unspecified atom stereocenters. The fourth-order valence-electron chi connectivity index (χ4n) is 1.63. The van der Waals surface area contributed by atoms with Gasteiger partial charge in [-0.3, -0.25) is 4.99 Å². The van der Waals surface area contributed by atoms with Gasteiger partial charge in [-0.25, -0.2) is 8.78 Å². The standard InChI is InChI=1S/C15H23F2N3.HI/c1-10(2)11(3)20-15(18-4)19-8-7-12-9-13(16)5-6-14(12)17;/h5-6,9-11H,7-8H2,1-4H3,(H2,18,19,20);1H. The van der Waals surface area contributed by atoms with Crippen LogP contribution in [0.25, 0.3) is 0 Å². The average Bonchev–Trinajstić information content (AvgIpc) is 2.41. The predicted molar refractivity (Wildman–Crippen MR) is 94.3 cm³/mol. The Morgan fingerprint density at radius 3 is 2.48 bits per heavy atom. The first-order valence-corrected chi connectivity index (χ1v) is 6.85. The molecule has 1 rings (SSSR count). The summed E-state index contributed by atoms with van der Waals surface area (Å²) in [6.45, 7) is 6.80. The summed E-state index contributed by atoms with van der Waals surface area (Å²) in [5, 5.41) is 6.35. The number of aliphatic imine (C=N–C) groups is 1. The van der Waals surface area contributed by atoms with Gasteiger partial charge >= 0.3 is 0 Å². The smallest absolute Gasteiger partial charge is 0.191 e. The molecule has 1 aromatic carbocycles. The molecule has 120 valence electrons. The van der Waals surface area contributed by atoms with Crippen LogP contribution >= 0.6 is 24.0 Å². The fourth-order valence-corrected chi connectivity index (χ4v) is 1.63.